The Hall–Kier alpha value is -2.54. The Kier molecular flexibility index (Phi) is 8.56. The van der Waals surface area contributed by atoms with Crippen LogP contribution in [-0.2, 0) is 16.0 Å². The summed E-state index contributed by atoms with van der Waals surface area (Å²) in [5, 5.41) is 2.07. The lowest BCUT2D eigenvalue weighted by Crippen LogP contribution is -2.48. The summed E-state index contributed by atoms with van der Waals surface area (Å²) in [6.45, 7) is 7.79. The molecule has 0 fully saturated rings. The molecule has 0 saturated heterocycles. The first-order valence-electron chi connectivity index (χ1n) is 11.3. The van der Waals surface area contributed by atoms with Crippen LogP contribution in [0.4, 0.5) is 0 Å². The van der Waals surface area contributed by atoms with E-state index in [2.05, 4.69) is 25.3 Å². The number of carbonyl (C=O) groups excluding carboxylic acids is 2. The minimum absolute atomic E-state index is 0.0223. The van der Waals surface area contributed by atoms with E-state index in [1.54, 1.807) is 23.3 Å². The van der Waals surface area contributed by atoms with Gasteiger partial charge < -0.3 is 19.3 Å². The van der Waals surface area contributed by atoms with Crippen LogP contribution in [0.3, 0.4) is 0 Å². The van der Waals surface area contributed by atoms with E-state index in [-0.39, 0.29) is 24.4 Å². The highest BCUT2D eigenvalue weighted by molar-refractivity contribution is 7.10. The summed E-state index contributed by atoms with van der Waals surface area (Å²) >= 11 is 1.72. The first-order chi connectivity index (χ1) is 15.4. The first-order valence-corrected chi connectivity index (χ1v) is 12.2. The van der Waals surface area contributed by atoms with Crippen LogP contribution in [0.5, 0.6) is 11.5 Å². The number of nitrogens with zero attached hydrogens (tertiary/aromatic N) is 2. The van der Waals surface area contributed by atoms with Crippen molar-refractivity contribution in [2.45, 2.75) is 46.1 Å². The van der Waals surface area contributed by atoms with Crippen molar-refractivity contribution >= 4 is 23.2 Å². The maximum atomic E-state index is 13.4. The zero-order valence-electron chi connectivity index (χ0n) is 19.5. The van der Waals surface area contributed by atoms with E-state index in [1.807, 2.05) is 36.1 Å². The molecular formula is C25H34N2O4S. The molecule has 2 heterocycles. The Morgan fingerprint density at radius 3 is 2.66 bits per heavy atom. The third kappa shape index (κ3) is 5.82. The molecule has 1 aromatic carbocycles. The highest BCUT2D eigenvalue weighted by atomic mass is 32.1. The highest BCUT2D eigenvalue weighted by Crippen LogP contribution is 2.35. The molecule has 2 amide bonds. The second-order valence-corrected chi connectivity index (χ2v) is 9.47. The smallest absolute Gasteiger partial charge is 0.242 e. The van der Waals surface area contributed by atoms with Crippen molar-refractivity contribution in [3.63, 3.8) is 0 Å². The molecule has 32 heavy (non-hydrogen) atoms. The topological polar surface area (TPSA) is 59.1 Å². The molecule has 0 saturated carbocycles. The number of ether oxygens (including phenoxy) is 2. The molecule has 174 valence electrons. The van der Waals surface area contributed by atoms with Gasteiger partial charge in [0.2, 0.25) is 11.8 Å². The Balaban J connectivity index is 1.77. The van der Waals surface area contributed by atoms with E-state index < -0.39 is 0 Å². The summed E-state index contributed by atoms with van der Waals surface area (Å²) in [7, 11) is 1.62. The van der Waals surface area contributed by atoms with Gasteiger partial charge in [0, 0.05) is 24.4 Å². The summed E-state index contributed by atoms with van der Waals surface area (Å²) in [4.78, 5) is 30.8. The SMILES string of the molecule is CCC(=O)N(CCC(C)C)CC(=O)N1CCc2sccc2C1COc1ccccc1OC. The molecule has 2 aromatic rings. The number of fused-ring (bicyclic) bond motifs is 1. The van der Waals surface area contributed by atoms with E-state index in [9.17, 15) is 9.59 Å². The minimum atomic E-state index is -0.189. The molecule has 1 atom stereocenters. The Bertz CT molecular complexity index is 911. The molecule has 0 aliphatic carbocycles. The van der Waals surface area contributed by atoms with Crippen molar-refractivity contribution in [1.29, 1.82) is 0 Å². The van der Waals surface area contributed by atoms with Gasteiger partial charge in [-0.05, 0) is 47.9 Å². The predicted molar refractivity (Wildman–Crippen MR) is 127 cm³/mol. The standard InChI is InChI=1S/C25H34N2O4S/c1-5-24(28)26(13-10-18(2)3)16-25(29)27-14-11-23-19(12-15-32-23)20(27)17-31-22-9-7-6-8-21(22)30-4/h6-9,12,15,18,20H,5,10-11,13-14,16-17H2,1-4H3. The fraction of sp³-hybridized carbons (Fsp3) is 0.520. The number of amides is 2. The third-order valence-corrected chi connectivity index (χ3v) is 6.84. The zero-order valence-corrected chi connectivity index (χ0v) is 20.3. The largest absolute Gasteiger partial charge is 0.493 e. The quantitative estimate of drug-likeness (QED) is 0.524. The molecule has 0 spiro atoms. The summed E-state index contributed by atoms with van der Waals surface area (Å²) in [6.07, 6.45) is 2.12. The number of hydrogen-bond acceptors (Lipinski definition) is 5. The van der Waals surface area contributed by atoms with Crippen LogP contribution in [0.2, 0.25) is 0 Å². The summed E-state index contributed by atoms with van der Waals surface area (Å²) in [5.74, 6) is 1.79. The first kappa shape index (κ1) is 24.1. The summed E-state index contributed by atoms with van der Waals surface area (Å²) < 4.78 is 11.5. The van der Waals surface area contributed by atoms with E-state index in [0.717, 1.165) is 18.4 Å². The number of thiophene rings is 1. The van der Waals surface area contributed by atoms with Gasteiger partial charge in [-0.3, -0.25) is 9.59 Å². The molecule has 7 heteroatoms. The van der Waals surface area contributed by atoms with E-state index in [1.165, 1.54) is 4.88 Å². The van der Waals surface area contributed by atoms with E-state index in [0.29, 0.717) is 43.5 Å². The van der Waals surface area contributed by atoms with Crippen molar-refractivity contribution in [3.05, 3.63) is 46.2 Å². The average molecular weight is 459 g/mol. The predicted octanol–water partition coefficient (Wildman–Crippen LogP) is 4.55. The van der Waals surface area contributed by atoms with Crippen LogP contribution in [0.25, 0.3) is 0 Å². The fourth-order valence-electron chi connectivity index (χ4n) is 3.97. The van der Waals surface area contributed by atoms with Gasteiger partial charge in [0.25, 0.3) is 0 Å². The number of methoxy groups -OCH3 is 1. The molecule has 6 nitrogen and oxygen atoms in total. The number of carbonyl (C=O) groups is 2. The minimum Gasteiger partial charge on any atom is -0.493 e. The molecule has 0 radical (unpaired) electrons. The highest BCUT2D eigenvalue weighted by Gasteiger charge is 2.33. The lowest BCUT2D eigenvalue weighted by Gasteiger charge is -2.37. The van der Waals surface area contributed by atoms with Gasteiger partial charge >= 0.3 is 0 Å². The van der Waals surface area contributed by atoms with Crippen LogP contribution in [0.15, 0.2) is 35.7 Å². The number of hydrogen-bond donors (Lipinski definition) is 0. The van der Waals surface area contributed by atoms with Crippen molar-refractivity contribution in [2.24, 2.45) is 5.92 Å². The molecule has 1 aromatic heterocycles. The van der Waals surface area contributed by atoms with Gasteiger partial charge in [0.15, 0.2) is 11.5 Å². The molecule has 1 aliphatic rings. The van der Waals surface area contributed by atoms with Gasteiger partial charge in [-0.15, -0.1) is 11.3 Å². The van der Waals surface area contributed by atoms with Crippen molar-refractivity contribution in [3.8, 4) is 11.5 Å². The third-order valence-electron chi connectivity index (χ3n) is 5.84. The van der Waals surface area contributed by atoms with Crippen LogP contribution in [0, 0.1) is 5.92 Å². The van der Waals surface area contributed by atoms with Crippen LogP contribution >= 0.6 is 11.3 Å². The summed E-state index contributed by atoms with van der Waals surface area (Å²) in [6, 6.07) is 9.43. The molecule has 1 aliphatic heterocycles. The molecule has 0 N–H and O–H groups in total. The molecule has 1 unspecified atom stereocenters. The van der Waals surface area contributed by atoms with Gasteiger partial charge in [0.05, 0.1) is 19.7 Å². The fourth-order valence-corrected chi connectivity index (χ4v) is 4.89. The van der Waals surface area contributed by atoms with Crippen molar-refractivity contribution in [1.82, 2.24) is 9.80 Å². The lowest BCUT2D eigenvalue weighted by molar-refractivity contribution is -0.142. The number of benzene rings is 1. The summed E-state index contributed by atoms with van der Waals surface area (Å²) in [5.41, 5.74) is 1.14. The van der Waals surface area contributed by atoms with Crippen LogP contribution in [-0.4, -0.2) is 55.0 Å². The van der Waals surface area contributed by atoms with Crippen LogP contribution < -0.4 is 9.47 Å². The molecule has 0 bridgehead atoms. The molecule has 3 rings (SSSR count). The lowest BCUT2D eigenvalue weighted by atomic mass is 10.00. The van der Waals surface area contributed by atoms with Gasteiger partial charge in [-0.1, -0.05) is 32.9 Å². The van der Waals surface area contributed by atoms with E-state index in [4.69, 9.17) is 9.47 Å². The number of rotatable bonds is 10. The Morgan fingerprint density at radius 1 is 1.22 bits per heavy atom. The van der Waals surface area contributed by atoms with Crippen molar-refractivity contribution < 1.29 is 19.1 Å². The van der Waals surface area contributed by atoms with Gasteiger partial charge in [0.1, 0.15) is 6.61 Å². The average Bonchev–Trinajstić information content (AvgIpc) is 3.28. The second kappa shape index (κ2) is 11.4. The monoisotopic (exact) mass is 458 g/mol. The van der Waals surface area contributed by atoms with Crippen LogP contribution in [0.1, 0.15) is 50.1 Å². The molecular weight excluding hydrogens is 424 g/mol. The van der Waals surface area contributed by atoms with Crippen molar-refractivity contribution in [2.75, 3.05) is 33.4 Å². The maximum Gasteiger partial charge on any atom is 0.242 e. The number of para-hydroxylation sites is 2. The Morgan fingerprint density at radius 2 is 1.97 bits per heavy atom. The normalized spacial score (nSPS) is 15.4. The van der Waals surface area contributed by atoms with E-state index >= 15 is 0 Å². The maximum absolute atomic E-state index is 13.4. The van der Waals surface area contributed by atoms with Gasteiger partial charge in [-0.25, -0.2) is 0 Å². The zero-order chi connectivity index (χ0) is 23.1. The van der Waals surface area contributed by atoms with Gasteiger partial charge in [-0.2, -0.15) is 0 Å². The second-order valence-electron chi connectivity index (χ2n) is 8.47. The Labute approximate surface area is 195 Å².